The molecule has 2 heterocycles. The maximum Gasteiger partial charge on any atom is 0.410 e. The zero-order valence-electron chi connectivity index (χ0n) is 20.8. The maximum atomic E-state index is 13.4. The number of nitrogens with one attached hydrogen (secondary N) is 3. The van der Waals surface area contributed by atoms with E-state index in [1.807, 2.05) is 32.9 Å². The molecule has 1 unspecified atom stereocenters. The monoisotopic (exact) mass is 516 g/mol. The van der Waals surface area contributed by atoms with Crippen LogP contribution in [0.5, 0.6) is 5.75 Å². The molecule has 0 bridgehead atoms. The Kier molecular flexibility index (Phi) is 7.65. The van der Waals surface area contributed by atoms with Crippen LogP contribution in [0.3, 0.4) is 0 Å². The van der Waals surface area contributed by atoms with E-state index in [1.54, 1.807) is 35.4 Å². The first-order valence-corrected chi connectivity index (χ1v) is 11.8. The molecular formula is C26H30F2N4O5. The van der Waals surface area contributed by atoms with Gasteiger partial charge in [0.25, 0.3) is 5.91 Å². The normalized spacial score (nSPS) is 21.5. The summed E-state index contributed by atoms with van der Waals surface area (Å²) in [5.41, 5.74) is 5.53. The topological polar surface area (TPSA) is 101 Å². The summed E-state index contributed by atoms with van der Waals surface area (Å²) in [6, 6.07) is 13.1. The first-order valence-electron chi connectivity index (χ1n) is 11.8. The molecule has 0 saturated carbocycles. The molecule has 2 aromatic rings. The van der Waals surface area contributed by atoms with Crippen LogP contribution in [0, 0.1) is 0 Å². The number of hydrogen-bond donors (Lipinski definition) is 3. The van der Waals surface area contributed by atoms with Gasteiger partial charge < -0.3 is 29.9 Å². The van der Waals surface area contributed by atoms with Crippen LogP contribution in [0.1, 0.15) is 38.0 Å². The molecule has 0 aliphatic carbocycles. The average molecular weight is 517 g/mol. The smallest absolute Gasteiger partial charge is 0.410 e. The number of anilines is 1. The second-order valence-electron chi connectivity index (χ2n) is 9.68. The number of carbonyl (C=O) groups excluding carboxylic acids is 2. The third kappa shape index (κ3) is 6.36. The van der Waals surface area contributed by atoms with Crippen molar-refractivity contribution in [3.8, 4) is 5.75 Å². The highest BCUT2D eigenvalue weighted by atomic mass is 19.3. The third-order valence-electron chi connectivity index (χ3n) is 5.82. The Bertz CT molecular complexity index is 1150. The number of amides is 2. The number of morpholine rings is 1. The fraction of sp³-hybridized carbons (Fsp3) is 0.385. The first-order chi connectivity index (χ1) is 17.6. The summed E-state index contributed by atoms with van der Waals surface area (Å²) in [5.74, 6) is -0.486. The number of carbonyl (C=O) groups is 2. The molecule has 0 aromatic heterocycles. The molecule has 4 rings (SSSR count). The lowest BCUT2D eigenvalue weighted by Gasteiger charge is -2.34. The van der Waals surface area contributed by atoms with Crippen molar-refractivity contribution in [2.45, 2.75) is 44.6 Å². The number of benzene rings is 2. The van der Waals surface area contributed by atoms with Crippen molar-refractivity contribution in [3.05, 3.63) is 71.9 Å². The van der Waals surface area contributed by atoms with Gasteiger partial charge in [0.15, 0.2) is 5.54 Å². The van der Waals surface area contributed by atoms with E-state index in [0.29, 0.717) is 30.9 Å². The summed E-state index contributed by atoms with van der Waals surface area (Å²) >= 11 is 0. The Morgan fingerprint density at radius 1 is 1.19 bits per heavy atom. The summed E-state index contributed by atoms with van der Waals surface area (Å²) in [6.45, 7) is 3.65. The summed E-state index contributed by atoms with van der Waals surface area (Å²) in [7, 11) is 0. The van der Waals surface area contributed by atoms with E-state index in [9.17, 15) is 18.4 Å². The molecule has 198 valence electrons. The standard InChI is InChI=1S/C26H30F2N4O5/c1-25(2,3)37-24(34)32-13-14-35-21(16-32)17-7-9-19(10-8-17)30-22(33)26(11-12-29-31-26)18-5-4-6-20(15-18)36-23(27)28/h4-12,15,21,23,29,31H,13-14,16H2,1-3H3,(H,30,33)/t21-,26?/m1/s1. The highest BCUT2D eigenvalue weighted by Crippen LogP contribution is 2.31. The molecule has 37 heavy (non-hydrogen) atoms. The Morgan fingerprint density at radius 3 is 2.59 bits per heavy atom. The van der Waals surface area contributed by atoms with Gasteiger partial charge in [-0.05, 0) is 62.2 Å². The summed E-state index contributed by atoms with van der Waals surface area (Å²) in [6.07, 6.45) is 2.43. The summed E-state index contributed by atoms with van der Waals surface area (Å²) < 4.78 is 41.2. The number of hydrogen-bond acceptors (Lipinski definition) is 7. The lowest BCUT2D eigenvalue weighted by molar-refractivity contribution is -0.121. The molecule has 1 saturated heterocycles. The fourth-order valence-electron chi connectivity index (χ4n) is 4.07. The molecule has 2 aromatic carbocycles. The SMILES string of the molecule is CC(C)(C)OC(=O)N1CCO[C@@H](c2ccc(NC(=O)C3(c4cccc(OC(F)F)c4)C=CNN3)cc2)C1. The van der Waals surface area contributed by atoms with Crippen molar-refractivity contribution in [1.82, 2.24) is 15.8 Å². The van der Waals surface area contributed by atoms with E-state index in [1.165, 1.54) is 18.2 Å². The number of ether oxygens (including phenoxy) is 3. The lowest BCUT2D eigenvalue weighted by atomic mass is 9.89. The van der Waals surface area contributed by atoms with Gasteiger partial charge in [0, 0.05) is 18.4 Å². The van der Waals surface area contributed by atoms with Gasteiger partial charge in [-0.15, -0.1) is 0 Å². The molecule has 3 N–H and O–H groups in total. The van der Waals surface area contributed by atoms with Crippen molar-refractivity contribution in [2.75, 3.05) is 25.0 Å². The van der Waals surface area contributed by atoms with Crippen LogP contribution in [0.4, 0.5) is 19.3 Å². The Hall–Kier alpha value is -3.70. The molecule has 0 radical (unpaired) electrons. The third-order valence-corrected chi connectivity index (χ3v) is 5.82. The number of rotatable bonds is 6. The van der Waals surface area contributed by atoms with Gasteiger partial charge in [-0.2, -0.15) is 8.78 Å². The van der Waals surface area contributed by atoms with Crippen molar-refractivity contribution < 1.29 is 32.6 Å². The molecular weight excluding hydrogens is 486 g/mol. The van der Waals surface area contributed by atoms with Crippen molar-refractivity contribution >= 4 is 17.7 Å². The van der Waals surface area contributed by atoms with Gasteiger partial charge in [0.05, 0.1) is 13.2 Å². The van der Waals surface area contributed by atoms with E-state index in [-0.39, 0.29) is 17.9 Å². The van der Waals surface area contributed by atoms with Crippen LogP contribution in [-0.4, -0.2) is 48.8 Å². The molecule has 2 aliphatic rings. The quantitative estimate of drug-likeness (QED) is 0.533. The van der Waals surface area contributed by atoms with E-state index >= 15 is 0 Å². The Morgan fingerprint density at radius 2 is 1.95 bits per heavy atom. The maximum absolute atomic E-state index is 13.4. The highest BCUT2D eigenvalue weighted by Gasteiger charge is 2.40. The average Bonchev–Trinajstić information content (AvgIpc) is 3.35. The van der Waals surface area contributed by atoms with Gasteiger partial charge >= 0.3 is 12.7 Å². The molecule has 11 heteroatoms. The number of alkyl halides is 2. The summed E-state index contributed by atoms with van der Waals surface area (Å²) in [5, 5.41) is 2.86. The van der Waals surface area contributed by atoms with Gasteiger partial charge in [-0.3, -0.25) is 4.79 Å². The predicted molar refractivity (Wildman–Crippen MR) is 132 cm³/mol. The molecule has 9 nitrogen and oxygen atoms in total. The van der Waals surface area contributed by atoms with Gasteiger partial charge in [0.2, 0.25) is 0 Å². The fourth-order valence-corrected chi connectivity index (χ4v) is 4.07. The Balaban J connectivity index is 1.45. The van der Waals surface area contributed by atoms with Gasteiger partial charge in [0.1, 0.15) is 17.5 Å². The number of nitrogens with zero attached hydrogens (tertiary/aromatic N) is 1. The minimum atomic E-state index is -2.98. The minimum Gasteiger partial charge on any atom is -0.444 e. The van der Waals surface area contributed by atoms with Crippen LogP contribution in [-0.2, 0) is 19.8 Å². The van der Waals surface area contributed by atoms with Crippen LogP contribution in [0.15, 0.2) is 60.8 Å². The largest absolute Gasteiger partial charge is 0.444 e. The molecule has 0 spiro atoms. The van der Waals surface area contributed by atoms with Crippen LogP contribution < -0.4 is 20.9 Å². The Labute approximate surface area is 213 Å². The van der Waals surface area contributed by atoms with Crippen molar-refractivity contribution in [3.63, 3.8) is 0 Å². The highest BCUT2D eigenvalue weighted by molar-refractivity contribution is 6.00. The molecule has 2 amide bonds. The van der Waals surface area contributed by atoms with E-state index in [4.69, 9.17) is 9.47 Å². The minimum absolute atomic E-state index is 0.0564. The summed E-state index contributed by atoms with van der Waals surface area (Å²) in [4.78, 5) is 27.4. The molecule has 2 atom stereocenters. The van der Waals surface area contributed by atoms with Gasteiger partial charge in [-0.25, -0.2) is 10.2 Å². The van der Waals surface area contributed by atoms with Crippen LogP contribution in [0.2, 0.25) is 0 Å². The van der Waals surface area contributed by atoms with Crippen LogP contribution in [0.25, 0.3) is 0 Å². The number of halogens is 2. The second-order valence-corrected chi connectivity index (χ2v) is 9.68. The van der Waals surface area contributed by atoms with Crippen molar-refractivity contribution in [2.24, 2.45) is 0 Å². The van der Waals surface area contributed by atoms with Gasteiger partial charge in [-0.1, -0.05) is 24.3 Å². The van der Waals surface area contributed by atoms with Crippen LogP contribution >= 0.6 is 0 Å². The first kappa shape index (κ1) is 26.4. The lowest BCUT2D eigenvalue weighted by Crippen LogP contribution is -2.51. The molecule has 1 fully saturated rings. The van der Waals surface area contributed by atoms with E-state index in [0.717, 1.165) is 5.56 Å². The van der Waals surface area contributed by atoms with E-state index < -0.39 is 23.7 Å². The number of hydrazine groups is 1. The zero-order valence-corrected chi connectivity index (χ0v) is 20.8. The second kappa shape index (κ2) is 10.7. The predicted octanol–water partition coefficient (Wildman–Crippen LogP) is 4.05. The van der Waals surface area contributed by atoms with E-state index in [2.05, 4.69) is 20.9 Å². The van der Waals surface area contributed by atoms with Crippen molar-refractivity contribution in [1.29, 1.82) is 0 Å². The molecule has 2 aliphatic heterocycles. The zero-order chi connectivity index (χ0) is 26.6.